The molecule has 1 aliphatic rings. The van der Waals surface area contributed by atoms with Crippen molar-refractivity contribution in [2.75, 3.05) is 13.7 Å². The summed E-state index contributed by atoms with van der Waals surface area (Å²) in [5.41, 5.74) is 1.01. The number of hydrogen-bond donors (Lipinski definition) is 1. The van der Waals surface area contributed by atoms with Gasteiger partial charge in [0.05, 0.1) is 19.8 Å². The number of carbonyl (C=O) groups is 1. The van der Waals surface area contributed by atoms with Crippen LogP contribution in [0.15, 0.2) is 22.7 Å². The molecule has 1 saturated heterocycles. The highest BCUT2D eigenvalue weighted by Crippen LogP contribution is 2.30. The zero-order valence-corrected chi connectivity index (χ0v) is 10.4. The predicted molar refractivity (Wildman–Crippen MR) is 62.5 cm³/mol. The van der Waals surface area contributed by atoms with E-state index < -0.39 is 0 Å². The summed E-state index contributed by atoms with van der Waals surface area (Å²) in [5.74, 6) is 0.777. The Hall–Kier alpha value is -1.23. The van der Waals surface area contributed by atoms with Crippen molar-refractivity contribution in [1.29, 1.82) is 0 Å². The van der Waals surface area contributed by atoms with E-state index in [-0.39, 0.29) is 12.1 Å². The van der Waals surface area contributed by atoms with Gasteiger partial charge in [0.2, 0.25) is 0 Å². The van der Waals surface area contributed by atoms with E-state index in [0.29, 0.717) is 6.61 Å². The molecule has 0 bridgehead atoms. The number of carbonyl (C=O) groups excluding carboxylic acids is 1. The highest BCUT2D eigenvalue weighted by molar-refractivity contribution is 9.10. The van der Waals surface area contributed by atoms with Crippen molar-refractivity contribution < 1.29 is 14.3 Å². The molecule has 16 heavy (non-hydrogen) atoms. The maximum absolute atomic E-state index is 11.1. The van der Waals surface area contributed by atoms with E-state index in [9.17, 15) is 4.79 Å². The van der Waals surface area contributed by atoms with Crippen LogP contribution in [0.1, 0.15) is 18.0 Å². The summed E-state index contributed by atoms with van der Waals surface area (Å²) < 4.78 is 11.0. The Bertz CT molecular complexity index is 408. The van der Waals surface area contributed by atoms with E-state index in [1.54, 1.807) is 7.11 Å². The Morgan fingerprint density at radius 3 is 3.06 bits per heavy atom. The summed E-state index contributed by atoms with van der Waals surface area (Å²) in [6, 6.07) is 5.68. The van der Waals surface area contributed by atoms with Gasteiger partial charge in [0.25, 0.3) is 0 Å². The van der Waals surface area contributed by atoms with Gasteiger partial charge in [0, 0.05) is 10.9 Å². The van der Waals surface area contributed by atoms with Gasteiger partial charge in [-0.15, -0.1) is 0 Å². The lowest BCUT2D eigenvalue weighted by molar-refractivity contribution is 0.115. The fourth-order valence-corrected chi connectivity index (χ4v) is 2.20. The highest BCUT2D eigenvalue weighted by atomic mass is 79.9. The first-order valence-electron chi connectivity index (χ1n) is 4.97. The number of benzene rings is 1. The Morgan fingerprint density at radius 2 is 2.38 bits per heavy atom. The maximum Gasteiger partial charge on any atom is 0.407 e. The number of rotatable bonds is 2. The molecule has 1 aromatic carbocycles. The van der Waals surface area contributed by atoms with Crippen LogP contribution in [0, 0.1) is 0 Å². The Balaban J connectivity index is 2.27. The van der Waals surface area contributed by atoms with Crippen LogP contribution in [-0.2, 0) is 4.74 Å². The van der Waals surface area contributed by atoms with Gasteiger partial charge in [-0.1, -0.05) is 15.9 Å². The van der Waals surface area contributed by atoms with E-state index in [4.69, 9.17) is 9.47 Å². The lowest BCUT2D eigenvalue weighted by atomic mass is 10.0. The van der Waals surface area contributed by atoms with Crippen molar-refractivity contribution in [2.45, 2.75) is 12.5 Å². The number of alkyl carbamates (subject to hydrolysis) is 1. The predicted octanol–water partition coefficient (Wildman–Crippen LogP) is 2.63. The van der Waals surface area contributed by atoms with Gasteiger partial charge >= 0.3 is 6.09 Å². The monoisotopic (exact) mass is 285 g/mol. The third kappa shape index (κ3) is 2.29. The minimum Gasteiger partial charge on any atom is -0.497 e. The Kier molecular flexibility index (Phi) is 3.33. The molecule has 1 amide bonds. The molecule has 0 unspecified atom stereocenters. The molecular formula is C11H12BrNO3. The summed E-state index contributed by atoms with van der Waals surface area (Å²) in [6.07, 6.45) is 0.392. The molecule has 4 nitrogen and oxygen atoms in total. The number of nitrogens with one attached hydrogen (secondary N) is 1. The van der Waals surface area contributed by atoms with Crippen LogP contribution >= 0.6 is 15.9 Å². The standard InChI is InChI=1S/C11H12BrNO3/c1-15-7-2-3-9(12)8(6-7)10-4-5-16-11(14)13-10/h2-3,6,10H,4-5H2,1H3,(H,13,14)/t10-/m0/s1. The van der Waals surface area contributed by atoms with E-state index >= 15 is 0 Å². The number of methoxy groups -OCH3 is 1. The molecule has 1 aromatic rings. The van der Waals surface area contributed by atoms with Crippen LogP contribution < -0.4 is 10.1 Å². The molecule has 1 aliphatic heterocycles. The minimum absolute atomic E-state index is 0.0225. The van der Waals surface area contributed by atoms with Crippen LogP contribution in [0.3, 0.4) is 0 Å². The highest BCUT2D eigenvalue weighted by Gasteiger charge is 2.22. The average molecular weight is 286 g/mol. The molecule has 1 fully saturated rings. The van der Waals surface area contributed by atoms with Crippen LogP contribution in [0.25, 0.3) is 0 Å². The molecule has 0 aliphatic carbocycles. The molecule has 0 radical (unpaired) electrons. The molecule has 0 spiro atoms. The zero-order chi connectivity index (χ0) is 11.5. The molecule has 0 aromatic heterocycles. The minimum atomic E-state index is -0.369. The topological polar surface area (TPSA) is 47.6 Å². The van der Waals surface area contributed by atoms with E-state index in [0.717, 1.165) is 22.2 Å². The fraction of sp³-hybridized carbons (Fsp3) is 0.364. The van der Waals surface area contributed by atoms with Crippen LogP contribution in [0.5, 0.6) is 5.75 Å². The normalized spacial score (nSPS) is 19.9. The van der Waals surface area contributed by atoms with Crippen molar-refractivity contribution in [1.82, 2.24) is 5.32 Å². The summed E-state index contributed by atoms with van der Waals surface area (Å²) in [4.78, 5) is 11.1. The first-order chi connectivity index (χ1) is 7.70. The molecular weight excluding hydrogens is 274 g/mol. The average Bonchev–Trinajstić information content (AvgIpc) is 2.30. The number of halogens is 1. The lowest BCUT2D eigenvalue weighted by Gasteiger charge is -2.24. The van der Waals surface area contributed by atoms with Crippen molar-refractivity contribution in [2.24, 2.45) is 0 Å². The first kappa shape index (κ1) is 11.3. The molecule has 86 valence electrons. The smallest absolute Gasteiger partial charge is 0.407 e. The van der Waals surface area contributed by atoms with Gasteiger partial charge in [-0.2, -0.15) is 0 Å². The van der Waals surface area contributed by atoms with E-state index in [1.807, 2.05) is 18.2 Å². The third-order valence-corrected chi connectivity index (χ3v) is 3.23. The molecule has 1 heterocycles. The Morgan fingerprint density at radius 1 is 1.56 bits per heavy atom. The first-order valence-corrected chi connectivity index (χ1v) is 5.76. The molecule has 1 N–H and O–H groups in total. The summed E-state index contributed by atoms with van der Waals surface area (Å²) in [6.45, 7) is 0.445. The summed E-state index contributed by atoms with van der Waals surface area (Å²) in [7, 11) is 1.62. The van der Waals surface area contributed by atoms with Gasteiger partial charge in [0.15, 0.2) is 0 Å². The maximum atomic E-state index is 11.1. The van der Waals surface area contributed by atoms with Gasteiger partial charge in [-0.05, 0) is 23.8 Å². The van der Waals surface area contributed by atoms with Gasteiger partial charge in [0.1, 0.15) is 5.75 Å². The number of ether oxygens (including phenoxy) is 2. The van der Waals surface area contributed by atoms with Gasteiger partial charge in [-0.25, -0.2) is 4.79 Å². The molecule has 0 saturated carbocycles. The second-order valence-electron chi connectivity index (χ2n) is 3.51. The van der Waals surface area contributed by atoms with Crippen molar-refractivity contribution >= 4 is 22.0 Å². The number of hydrogen-bond acceptors (Lipinski definition) is 3. The van der Waals surface area contributed by atoms with Crippen molar-refractivity contribution in [3.63, 3.8) is 0 Å². The van der Waals surface area contributed by atoms with Crippen molar-refractivity contribution in [3.05, 3.63) is 28.2 Å². The second-order valence-corrected chi connectivity index (χ2v) is 4.36. The second kappa shape index (κ2) is 4.74. The zero-order valence-electron chi connectivity index (χ0n) is 8.83. The molecule has 5 heteroatoms. The Labute approximate surface area is 102 Å². The van der Waals surface area contributed by atoms with Crippen molar-refractivity contribution in [3.8, 4) is 5.75 Å². The van der Waals surface area contributed by atoms with Gasteiger partial charge < -0.3 is 14.8 Å². The quantitative estimate of drug-likeness (QED) is 0.909. The summed E-state index contributed by atoms with van der Waals surface area (Å²) in [5, 5.41) is 2.78. The fourth-order valence-electron chi connectivity index (χ4n) is 1.67. The van der Waals surface area contributed by atoms with Crippen LogP contribution in [0.4, 0.5) is 4.79 Å². The number of cyclic esters (lactones) is 1. The van der Waals surface area contributed by atoms with E-state index in [2.05, 4.69) is 21.2 Å². The largest absolute Gasteiger partial charge is 0.497 e. The molecule has 2 rings (SSSR count). The summed E-state index contributed by atoms with van der Waals surface area (Å²) >= 11 is 3.47. The number of amides is 1. The molecule has 1 atom stereocenters. The third-order valence-electron chi connectivity index (χ3n) is 2.51. The van der Waals surface area contributed by atoms with Crippen LogP contribution in [0.2, 0.25) is 0 Å². The van der Waals surface area contributed by atoms with Crippen LogP contribution in [-0.4, -0.2) is 19.8 Å². The van der Waals surface area contributed by atoms with E-state index in [1.165, 1.54) is 0 Å². The lowest BCUT2D eigenvalue weighted by Crippen LogP contribution is -2.35. The SMILES string of the molecule is COc1ccc(Br)c([C@@H]2CCOC(=O)N2)c1. The van der Waals surface area contributed by atoms with Gasteiger partial charge in [-0.3, -0.25) is 0 Å².